The van der Waals surface area contributed by atoms with Crippen LogP contribution in [0.2, 0.25) is 0 Å². The van der Waals surface area contributed by atoms with Gasteiger partial charge in [0.25, 0.3) is 0 Å². The maximum atomic E-state index is 13.6. The van der Waals surface area contributed by atoms with E-state index in [1.54, 1.807) is 0 Å². The van der Waals surface area contributed by atoms with Crippen molar-refractivity contribution in [3.63, 3.8) is 0 Å². The lowest BCUT2D eigenvalue weighted by Crippen LogP contribution is -2.36. The van der Waals surface area contributed by atoms with Crippen LogP contribution in [0.3, 0.4) is 0 Å². The first-order valence-corrected chi connectivity index (χ1v) is 5.17. The lowest BCUT2D eigenvalue weighted by atomic mass is 9.99. The summed E-state index contributed by atoms with van der Waals surface area (Å²) >= 11 is 0. The molecule has 1 aliphatic rings. The van der Waals surface area contributed by atoms with Crippen molar-refractivity contribution in [3.8, 4) is 0 Å². The highest BCUT2D eigenvalue weighted by atomic mass is 35.5. The van der Waals surface area contributed by atoms with E-state index < -0.39 is 23.6 Å². The summed E-state index contributed by atoms with van der Waals surface area (Å²) in [5.74, 6) is -0.858. The van der Waals surface area contributed by atoms with Crippen LogP contribution in [-0.2, 0) is 10.9 Å². The Balaban J connectivity index is 0.00000162. The Labute approximate surface area is 108 Å². The molecule has 1 heterocycles. The van der Waals surface area contributed by atoms with Gasteiger partial charge in [-0.25, -0.2) is 4.39 Å². The first kappa shape index (κ1) is 15.2. The van der Waals surface area contributed by atoms with Crippen LogP contribution < -0.4 is 5.32 Å². The molecule has 1 atom stereocenters. The molecule has 1 saturated heterocycles. The Morgan fingerprint density at radius 3 is 2.56 bits per heavy atom. The molecule has 0 radical (unpaired) electrons. The van der Waals surface area contributed by atoms with Crippen LogP contribution in [0.5, 0.6) is 0 Å². The minimum absolute atomic E-state index is 0. The highest BCUT2D eigenvalue weighted by Gasteiger charge is 2.37. The number of morpholine rings is 1. The van der Waals surface area contributed by atoms with Crippen LogP contribution in [0.25, 0.3) is 0 Å². The number of hydrogen-bond donors (Lipinski definition) is 1. The lowest BCUT2D eigenvalue weighted by Gasteiger charge is -2.27. The predicted octanol–water partition coefficient (Wildman–Crippen LogP) is 2.93. The third-order valence-electron chi connectivity index (χ3n) is 2.63. The van der Waals surface area contributed by atoms with Gasteiger partial charge in [0, 0.05) is 12.1 Å². The zero-order valence-corrected chi connectivity index (χ0v) is 10.1. The average molecular weight is 286 g/mol. The van der Waals surface area contributed by atoms with Gasteiger partial charge in [-0.05, 0) is 12.1 Å². The zero-order chi connectivity index (χ0) is 12.5. The molecule has 1 aliphatic heterocycles. The number of benzene rings is 1. The van der Waals surface area contributed by atoms with Gasteiger partial charge in [0.2, 0.25) is 0 Å². The fourth-order valence-electron chi connectivity index (χ4n) is 1.89. The van der Waals surface area contributed by atoms with Gasteiger partial charge in [-0.2, -0.15) is 13.2 Å². The van der Waals surface area contributed by atoms with Crippen molar-refractivity contribution >= 4 is 12.4 Å². The highest BCUT2D eigenvalue weighted by molar-refractivity contribution is 5.85. The molecule has 102 valence electrons. The summed E-state index contributed by atoms with van der Waals surface area (Å²) in [4.78, 5) is 0. The monoisotopic (exact) mass is 285 g/mol. The van der Waals surface area contributed by atoms with Gasteiger partial charge in [0.05, 0.1) is 24.8 Å². The second kappa shape index (κ2) is 5.86. The van der Waals surface area contributed by atoms with E-state index in [1.165, 1.54) is 0 Å². The average Bonchev–Trinajstić information content (AvgIpc) is 2.28. The van der Waals surface area contributed by atoms with E-state index in [2.05, 4.69) is 5.32 Å². The Morgan fingerprint density at radius 2 is 2.00 bits per heavy atom. The number of nitrogens with one attached hydrogen (secondary N) is 1. The van der Waals surface area contributed by atoms with Crippen LogP contribution in [0.4, 0.5) is 17.6 Å². The minimum Gasteiger partial charge on any atom is -0.378 e. The maximum Gasteiger partial charge on any atom is 0.416 e. The molecule has 0 bridgehead atoms. The molecule has 0 aromatic heterocycles. The fourth-order valence-corrected chi connectivity index (χ4v) is 1.89. The number of rotatable bonds is 1. The molecular formula is C11H12ClF4NO. The molecule has 1 fully saturated rings. The normalized spacial score (nSPS) is 20.3. The molecule has 1 aromatic carbocycles. The van der Waals surface area contributed by atoms with Crippen molar-refractivity contribution in [1.29, 1.82) is 0 Å². The van der Waals surface area contributed by atoms with Crippen molar-refractivity contribution in [2.24, 2.45) is 0 Å². The molecule has 2 nitrogen and oxygen atoms in total. The van der Waals surface area contributed by atoms with Crippen molar-refractivity contribution in [1.82, 2.24) is 5.32 Å². The van der Waals surface area contributed by atoms with E-state index in [9.17, 15) is 17.6 Å². The molecular weight excluding hydrogens is 274 g/mol. The number of ether oxygens (including phenoxy) is 1. The summed E-state index contributed by atoms with van der Waals surface area (Å²) < 4.78 is 56.9. The first-order valence-electron chi connectivity index (χ1n) is 5.17. The van der Waals surface area contributed by atoms with E-state index >= 15 is 0 Å². The maximum absolute atomic E-state index is 13.6. The number of alkyl halides is 3. The van der Waals surface area contributed by atoms with Gasteiger partial charge in [0.1, 0.15) is 5.82 Å². The molecule has 1 N–H and O–H groups in total. The van der Waals surface area contributed by atoms with Crippen LogP contribution in [0.15, 0.2) is 18.2 Å². The summed E-state index contributed by atoms with van der Waals surface area (Å²) in [5.41, 5.74) is -1.31. The first-order chi connectivity index (χ1) is 8.00. The molecule has 0 saturated carbocycles. The summed E-state index contributed by atoms with van der Waals surface area (Å²) in [6.07, 6.45) is -4.56. The van der Waals surface area contributed by atoms with Crippen molar-refractivity contribution < 1.29 is 22.3 Å². The molecule has 0 spiro atoms. The molecule has 18 heavy (non-hydrogen) atoms. The summed E-state index contributed by atoms with van der Waals surface area (Å²) in [6.45, 7) is 0.882. The highest BCUT2D eigenvalue weighted by Crippen LogP contribution is 2.36. The Morgan fingerprint density at radius 1 is 1.28 bits per heavy atom. The Bertz CT molecular complexity index is 405. The fraction of sp³-hybridized carbons (Fsp3) is 0.455. The SMILES string of the molecule is Cl.Fc1cccc(C(F)(F)F)c1[C@H]1COCCN1. The van der Waals surface area contributed by atoms with Gasteiger partial charge >= 0.3 is 6.18 Å². The van der Waals surface area contributed by atoms with E-state index in [1.807, 2.05) is 0 Å². The number of hydrogen-bond acceptors (Lipinski definition) is 2. The van der Waals surface area contributed by atoms with Crippen molar-refractivity contribution in [2.45, 2.75) is 12.2 Å². The van der Waals surface area contributed by atoms with Gasteiger partial charge in [-0.3, -0.25) is 0 Å². The van der Waals surface area contributed by atoms with E-state index in [0.717, 1.165) is 18.2 Å². The van der Waals surface area contributed by atoms with Gasteiger partial charge in [0.15, 0.2) is 0 Å². The molecule has 0 unspecified atom stereocenters. The summed E-state index contributed by atoms with van der Waals surface area (Å²) in [5, 5.41) is 2.82. The van der Waals surface area contributed by atoms with Gasteiger partial charge in [-0.15, -0.1) is 12.4 Å². The van der Waals surface area contributed by atoms with Crippen LogP contribution in [0, 0.1) is 5.82 Å². The van der Waals surface area contributed by atoms with E-state index in [-0.39, 0.29) is 24.6 Å². The van der Waals surface area contributed by atoms with E-state index in [4.69, 9.17) is 4.74 Å². The quantitative estimate of drug-likeness (QED) is 0.801. The third kappa shape index (κ3) is 3.13. The van der Waals surface area contributed by atoms with Gasteiger partial charge in [-0.1, -0.05) is 6.07 Å². The molecule has 0 amide bonds. The Hall–Kier alpha value is -0.850. The topological polar surface area (TPSA) is 21.3 Å². The molecule has 1 aromatic rings. The summed E-state index contributed by atoms with van der Waals surface area (Å²) in [7, 11) is 0. The summed E-state index contributed by atoms with van der Waals surface area (Å²) in [6, 6.07) is 2.22. The minimum atomic E-state index is -4.56. The molecule has 7 heteroatoms. The lowest BCUT2D eigenvalue weighted by molar-refractivity contribution is -0.139. The second-order valence-electron chi connectivity index (χ2n) is 3.78. The molecule has 0 aliphatic carbocycles. The number of halogens is 5. The van der Waals surface area contributed by atoms with Crippen molar-refractivity contribution in [3.05, 3.63) is 35.1 Å². The van der Waals surface area contributed by atoms with Crippen LogP contribution in [0.1, 0.15) is 17.2 Å². The van der Waals surface area contributed by atoms with Crippen LogP contribution in [-0.4, -0.2) is 19.8 Å². The van der Waals surface area contributed by atoms with Crippen LogP contribution >= 0.6 is 12.4 Å². The predicted molar refractivity (Wildman–Crippen MR) is 60.2 cm³/mol. The third-order valence-corrected chi connectivity index (χ3v) is 2.63. The standard InChI is InChI=1S/C11H11F4NO.ClH/c12-8-3-1-2-7(11(13,14)15)10(8)9-6-17-5-4-16-9;/h1-3,9,16H,4-6H2;1H/t9-;/m1./s1. The van der Waals surface area contributed by atoms with Crippen molar-refractivity contribution in [2.75, 3.05) is 19.8 Å². The largest absolute Gasteiger partial charge is 0.416 e. The Kier molecular flexibility index (Phi) is 4.95. The van der Waals surface area contributed by atoms with Gasteiger partial charge < -0.3 is 10.1 Å². The van der Waals surface area contributed by atoms with E-state index in [0.29, 0.717) is 13.2 Å². The second-order valence-corrected chi connectivity index (χ2v) is 3.78. The zero-order valence-electron chi connectivity index (χ0n) is 9.26. The molecule has 2 rings (SSSR count). The smallest absolute Gasteiger partial charge is 0.378 e.